The molecule has 6 nitrogen and oxygen atoms in total. The fourth-order valence-electron chi connectivity index (χ4n) is 4.66. The molecule has 3 amide bonds. The summed E-state index contributed by atoms with van der Waals surface area (Å²) in [6, 6.07) is 6.83. The summed E-state index contributed by atoms with van der Waals surface area (Å²) in [5.41, 5.74) is -0.857. The van der Waals surface area contributed by atoms with Crippen LogP contribution in [0.1, 0.15) is 40.0 Å². The molecular formula is C20H27BrN2O4. The van der Waals surface area contributed by atoms with E-state index in [1.165, 1.54) is 0 Å². The molecule has 0 bridgehead atoms. The molecule has 1 aromatic carbocycles. The van der Waals surface area contributed by atoms with Gasteiger partial charge in [0.2, 0.25) is 0 Å². The smallest absolute Gasteiger partial charge is 0.325 e. The fourth-order valence-corrected chi connectivity index (χ4v) is 4.92. The number of nitrogens with one attached hydrogen (secondary N) is 1. The quantitative estimate of drug-likeness (QED) is 0.690. The third-order valence-corrected chi connectivity index (χ3v) is 5.80. The molecule has 148 valence electrons. The number of nitrogens with zero attached hydrogens (tertiary/aromatic N) is 1. The predicted molar refractivity (Wildman–Crippen MR) is 105 cm³/mol. The zero-order valence-corrected chi connectivity index (χ0v) is 17.6. The second kappa shape index (κ2) is 7.43. The fraction of sp³-hybridized carbons (Fsp3) is 0.600. The number of β-amino-alcohol motifs (C(OH)–C–C–N with tert-alkyl or cyclic N) is 1. The lowest BCUT2D eigenvalue weighted by molar-refractivity contribution is -0.135. The summed E-state index contributed by atoms with van der Waals surface area (Å²) in [6.07, 6.45) is 1.34. The maximum atomic E-state index is 13.1. The van der Waals surface area contributed by atoms with Gasteiger partial charge in [0.1, 0.15) is 24.0 Å². The standard InChI is InChI=1S/C20H27BrN2O4/c1-13-8-19(2,3)12-20(9-13)17(25)23(18(26)22-20)10-15(24)11-27-16-6-4-14(21)5-7-16/h4-7,13,15,24H,8-12H2,1-3H3,(H,22,26). The van der Waals surface area contributed by atoms with E-state index in [0.717, 1.165) is 15.8 Å². The Morgan fingerprint density at radius 3 is 2.59 bits per heavy atom. The number of ether oxygens (including phenoxy) is 1. The maximum absolute atomic E-state index is 13.1. The normalized spacial score (nSPS) is 28.3. The summed E-state index contributed by atoms with van der Waals surface area (Å²) in [4.78, 5) is 26.7. The monoisotopic (exact) mass is 438 g/mol. The zero-order valence-electron chi connectivity index (χ0n) is 16.0. The van der Waals surface area contributed by atoms with E-state index in [4.69, 9.17) is 4.74 Å². The summed E-state index contributed by atoms with van der Waals surface area (Å²) in [5.74, 6) is 0.743. The molecule has 1 saturated heterocycles. The SMILES string of the molecule is CC1CC(C)(C)CC2(C1)NC(=O)N(CC(O)COc1ccc(Br)cc1)C2=O. The van der Waals surface area contributed by atoms with Crippen LogP contribution in [0, 0.1) is 11.3 Å². The van der Waals surface area contributed by atoms with Crippen LogP contribution in [0.25, 0.3) is 0 Å². The Bertz CT molecular complexity index is 721. The van der Waals surface area contributed by atoms with Gasteiger partial charge >= 0.3 is 6.03 Å². The summed E-state index contributed by atoms with van der Waals surface area (Å²) >= 11 is 3.35. The van der Waals surface area contributed by atoms with Crippen LogP contribution in [0.2, 0.25) is 0 Å². The van der Waals surface area contributed by atoms with Crippen molar-refractivity contribution in [2.45, 2.75) is 51.7 Å². The number of aliphatic hydroxyl groups is 1. The molecule has 1 aliphatic carbocycles. The van der Waals surface area contributed by atoms with Gasteiger partial charge in [0.25, 0.3) is 5.91 Å². The van der Waals surface area contributed by atoms with Gasteiger partial charge in [0.05, 0.1) is 6.54 Å². The van der Waals surface area contributed by atoms with Crippen molar-refractivity contribution in [2.24, 2.45) is 11.3 Å². The van der Waals surface area contributed by atoms with E-state index in [-0.39, 0.29) is 24.5 Å². The highest BCUT2D eigenvalue weighted by molar-refractivity contribution is 9.10. The molecule has 1 spiro atoms. The molecule has 3 unspecified atom stereocenters. The summed E-state index contributed by atoms with van der Waals surface area (Å²) in [5, 5.41) is 13.2. The number of carbonyl (C=O) groups is 2. The van der Waals surface area contributed by atoms with Gasteiger partial charge in [-0.25, -0.2) is 4.79 Å². The molecule has 2 aliphatic rings. The predicted octanol–water partition coefficient (Wildman–Crippen LogP) is 3.33. The average Bonchev–Trinajstić information content (AvgIpc) is 2.76. The van der Waals surface area contributed by atoms with E-state index in [1.54, 1.807) is 12.1 Å². The highest BCUT2D eigenvalue weighted by Gasteiger charge is 2.56. The van der Waals surface area contributed by atoms with Crippen LogP contribution in [0.15, 0.2) is 28.7 Å². The Kier molecular flexibility index (Phi) is 5.54. The minimum atomic E-state index is -0.951. The van der Waals surface area contributed by atoms with Crippen molar-refractivity contribution in [3.63, 3.8) is 0 Å². The number of carbonyl (C=O) groups excluding carboxylic acids is 2. The molecule has 27 heavy (non-hydrogen) atoms. The van der Waals surface area contributed by atoms with E-state index in [2.05, 4.69) is 42.0 Å². The van der Waals surface area contributed by atoms with Crippen molar-refractivity contribution in [2.75, 3.05) is 13.2 Å². The van der Waals surface area contributed by atoms with Gasteiger partial charge in [-0.05, 0) is 54.9 Å². The number of aliphatic hydroxyl groups excluding tert-OH is 1. The van der Waals surface area contributed by atoms with Gasteiger partial charge in [-0.15, -0.1) is 0 Å². The number of benzene rings is 1. The number of rotatable bonds is 5. The Balaban J connectivity index is 1.62. The van der Waals surface area contributed by atoms with Crippen LogP contribution < -0.4 is 10.1 Å². The number of urea groups is 1. The van der Waals surface area contributed by atoms with Gasteiger partial charge in [-0.3, -0.25) is 9.69 Å². The Hall–Kier alpha value is -1.60. The largest absolute Gasteiger partial charge is 0.491 e. The Labute approximate surface area is 168 Å². The molecular weight excluding hydrogens is 412 g/mol. The van der Waals surface area contributed by atoms with Gasteiger partial charge in [0.15, 0.2) is 0 Å². The van der Waals surface area contributed by atoms with Crippen molar-refractivity contribution in [3.8, 4) is 5.75 Å². The molecule has 1 aromatic rings. The van der Waals surface area contributed by atoms with Crippen molar-refractivity contribution in [1.82, 2.24) is 10.2 Å². The first-order valence-corrected chi connectivity index (χ1v) is 10.1. The van der Waals surface area contributed by atoms with Gasteiger partial charge < -0.3 is 15.2 Å². The van der Waals surface area contributed by atoms with Crippen molar-refractivity contribution >= 4 is 27.9 Å². The molecule has 2 N–H and O–H groups in total. The van der Waals surface area contributed by atoms with Crippen molar-refractivity contribution in [3.05, 3.63) is 28.7 Å². The van der Waals surface area contributed by atoms with Crippen LogP contribution in [0.4, 0.5) is 4.79 Å². The van der Waals surface area contributed by atoms with Crippen LogP contribution in [-0.4, -0.2) is 46.7 Å². The first-order valence-electron chi connectivity index (χ1n) is 9.31. The number of hydrogen-bond donors (Lipinski definition) is 2. The highest BCUT2D eigenvalue weighted by Crippen LogP contribution is 2.46. The minimum Gasteiger partial charge on any atom is -0.491 e. The first-order chi connectivity index (χ1) is 12.6. The van der Waals surface area contributed by atoms with Gasteiger partial charge in [-0.1, -0.05) is 36.7 Å². The second-order valence-electron chi connectivity index (χ2n) is 8.70. The van der Waals surface area contributed by atoms with Gasteiger partial charge in [0, 0.05) is 4.47 Å². The van der Waals surface area contributed by atoms with Gasteiger partial charge in [-0.2, -0.15) is 0 Å². The average molecular weight is 439 g/mol. The number of hydrogen-bond acceptors (Lipinski definition) is 4. The Morgan fingerprint density at radius 1 is 1.30 bits per heavy atom. The van der Waals surface area contributed by atoms with E-state index < -0.39 is 17.7 Å². The third kappa shape index (κ3) is 4.46. The van der Waals surface area contributed by atoms with Crippen LogP contribution in [-0.2, 0) is 4.79 Å². The van der Waals surface area contributed by atoms with Crippen LogP contribution in [0.3, 0.4) is 0 Å². The molecule has 1 saturated carbocycles. The molecule has 3 atom stereocenters. The first kappa shape index (κ1) is 20.1. The van der Waals surface area contributed by atoms with E-state index in [9.17, 15) is 14.7 Å². The van der Waals surface area contributed by atoms with E-state index in [1.807, 2.05) is 12.1 Å². The van der Waals surface area contributed by atoms with E-state index in [0.29, 0.717) is 24.5 Å². The van der Waals surface area contributed by atoms with Crippen molar-refractivity contribution < 1.29 is 19.4 Å². The minimum absolute atomic E-state index is 0.00753. The lowest BCUT2D eigenvalue weighted by Crippen LogP contribution is -2.54. The second-order valence-corrected chi connectivity index (χ2v) is 9.62. The summed E-state index contributed by atoms with van der Waals surface area (Å²) in [7, 11) is 0. The zero-order chi connectivity index (χ0) is 19.8. The molecule has 1 aliphatic heterocycles. The summed E-state index contributed by atoms with van der Waals surface area (Å²) < 4.78 is 6.49. The number of halogens is 1. The maximum Gasteiger partial charge on any atom is 0.325 e. The van der Waals surface area contributed by atoms with Crippen LogP contribution >= 0.6 is 15.9 Å². The van der Waals surface area contributed by atoms with Crippen LogP contribution in [0.5, 0.6) is 5.75 Å². The highest BCUT2D eigenvalue weighted by atomic mass is 79.9. The summed E-state index contributed by atoms with van der Waals surface area (Å²) in [6.45, 7) is 6.32. The third-order valence-electron chi connectivity index (χ3n) is 5.27. The number of imide groups is 1. The molecule has 3 rings (SSSR count). The lowest BCUT2D eigenvalue weighted by atomic mass is 9.64. The number of amides is 3. The van der Waals surface area contributed by atoms with Crippen molar-refractivity contribution in [1.29, 1.82) is 0 Å². The molecule has 0 aromatic heterocycles. The molecule has 7 heteroatoms. The van der Waals surface area contributed by atoms with E-state index >= 15 is 0 Å². The molecule has 0 radical (unpaired) electrons. The topological polar surface area (TPSA) is 78.9 Å². The molecule has 2 fully saturated rings. The lowest BCUT2D eigenvalue weighted by Gasteiger charge is -2.43. The molecule has 1 heterocycles. The Morgan fingerprint density at radius 2 is 1.96 bits per heavy atom.